The van der Waals surface area contributed by atoms with Crippen LogP contribution in [0.1, 0.15) is 15.9 Å². The monoisotopic (exact) mass is 491 g/mol. The number of tetrazole rings is 1. The second-order valence-electron chi connectivity index (χ2n) is 7.70. The molecule has 0 bridgehead atoms. The number of methoxy groups -OCH3 is 1. The summed E-state index contributed by atoms with van der Waals surface area (Å²) in [6, 6.07) is 17.1. The van der Waals surface area contributed by atoms with Crippen molar-refractivity contribution in [3.8, 4) is 39.5 Å². The van der Waals surface area contributed by atoms with Crippen LogP contribution in [0.5, 0.6) is 0 Å². The Kier molecular flexibility index (Phi) is 5.76. The minimum absolute atomic E-state index is 0.291. The fourth-order valence-corrected chi connectivity index (χ4v) is 3.59. The predicted octanol–water partition coefficient (Wildman–Crippen LogP) is 4.59. The molecule has 2 heterocycles. The van der Waals surface area contributed by atoms with E-state index in [0.29, 0.717) is 33.9 Å². The van der Waals surface area contributed by atoms with Crippen LogP contribution in [0.4, 0.5) is 13.2 Å². The van der Waals surface area contributed by atoms with Crippen LogP contribution in [0.3, 0.4) is 0 Å². The van der Waals surface area contributed by atoms with Crippen LogP contribution in [0.25, 0.3) is 39.5 Å². The molecular weight excluding hydrogens is 475 g/mol. The highest BCUT2D eigenvalue weighted by Crippen LogP contribution is 2.31. The van der Waals surface area contributed by atoms with Gasteiger partial charge in [0.2, 0.25) is 5.82 Å². The third-order valence-corrected chi connectivity index (χ3v) is 5.43. The molecule has 0 aliphatic heterocycles. The molecule has 0 atom stereocenters. The molecule has 0 saturated heterocycles. The van der Waals surface area contributed by atoms with Crippen molar-refractivity contribution in [3.05, 3.63) is 84.1 Å². The number of carbonyl (C=O) groups excluding carboxylic acids is 1. The molecule has 3 aromatic carbocycles. The molecule has 12 heteroatoms. The van der Waals surface area contributed by atoms with Crippen LogP contribution >= 0.6 is 0 Å². The number of hydrogen-bond acceptors (Lipinski definition) is 7. The number of nitrogens with one attached hydrogen (secondary N) is 1. The van der Waals surface area contributed by atoms with E-state index in [9.17, 15) is 18.0 Å². The Balaban J connectivity index is 1.50. The smallest absolute Gasteiger partial charge is 0.416 e. The predicted molar refractivity (Wildman–Crippen MR) is 122 cm³/mol. The van der Waals surface area contributed by atoms with Crippen molar-refractivity contribution < 1.29 is 22.7 Å². The first kappa shape index (κ1) is 22.9. The minimum atomic E-state index is -4.43. The molecule has 0 fully saturated rings. The van der Waals surface area contributed by atoms with Gasteiger partial charge in [-0.25, -0.2) is 9.48 Å². The molecule has 1 N–H and O–H groups in total. The third kappa shape index (κ3) is 4.56. The Morgan fingerprint density at radius 1 is 0.889 bits per heavy atom. The number of H-pyrrole nitrogens is 1. The lowest BCUT2D eigenvalue weighted by atomic mass is 10.0. The van der Waals surface area contributed by atoms with Gasteiger partial charge < -0.3 is 4.74 Å². The number of benzene rings is 3. The zero-order valence-electron chi connectivity index (χ0n) is 18.6. The van der Waals surface area contributed by atoms with Gasteiger partial charge in [0.25, 0.3) is 0 Å². The molecule has 180 valence electrons. The van der Waals surface area contributed by atoms with Crippen LogP contribution in [0.2, 0.25) is 0 Å². The molecule has 0 unspecified atom stereocenters. The van der Waals surface area contributed by atoms with E-state index >= 15 is 0 Å². The fraction of sp³-hybridized carbons (Fsp3) is 0.0833. The largest absolute Gasteiger partial charge is 0.465 e. The van der Waals surface area contributed by atoms with Crippen LogP contribution in [0, 0.1) is 0 Å². The summed E-state index contributed by atoms with van der Waals surface area (Å²) < 4.78 is 44.9. The number of nitrogens with zero attached hydrogens (tertiary/aromatic N) is 6. The number of hydrogen-bond donors (Lipinski definition) is 1. The van der Waals surface area contributed by atoms with E-state index in [0.717, 1.165) is 23.3 Å². The molecule has 0 radical (unpaired) electrons. The summed E-state index contributed by atoms with van der Waals surface area (Å²) in [6.45, 7) is 0. The topological polar surface area (TPSA) is 111 Å². The normalized spacial score (nSPS) is 11.4. The molecular formula is C24H16F3N7O2. The van der Waals surface area contributed by atoms with Crippen molar-refractivity contribution in [2.75, 3.05) is 7.11 Å². The van der Waals surface area contributed by atoms with Gasteiger partial charge in [0, 0.05) is 11.1 Å². The Morgan fingerprint density at radius 3 is 2.22 bits per heavy atom. The second kappa shape index (κ2) is 9.06. The number of carbonyl (C=O) groups is 1. The highest BCUT2D eigenvalue weighted by Gasteiger charge is 2.30. The summed E-state index contributed by atoms with van der Waals surface area (Å²) >= 11 is 0. The Labute approximate surface area is 201 Å². The standard InChI is InChI=1S/C24H16F3N7O2/c1-36-23(35)18-10-17(14-2-4-16(5-3-14)22-29-31-32-30-22)11-20(12-18)34-13-21(28-33-34)15-6-8-19(9-7-15)24(25,26)27/h2-13H,1H3,(H,29,30,31,32). The summed E-state index contributed by atoms with van der Waals surface area (Å²) in [7, 11) is 1.28. The molecule has 0 spiro atoms. The quantitative estimate of drug-likeness (QED) is 0.358. The molecule has 36 heavy (non-hydrogen) atoms. The highest BCUT2D eigenvalue weighted by atomic mass is 19.4. The Bertz CT molecular complexity index is 1510. The molecule has 0 aliphatic carbocycles. The van der Waals surface area contributed by atoms with Gasteiger partial charge in [-0.05, 0) is 46.7 Å². The maximum atomic E-state index is 12.9. The van der Waals surface area contributed by atoms with E-state index in [4.69, 9.17) is 4.74 Å². The second-order valence-corrected chi connectivity index (χ2v) is 7.70. The van der Waals surface area contributed by atoms with Gasteiger partial charge in [-0.2, -0.15) is 18.4 Å². The van der Waals surface area contributed by atoms with E-state index < -0.39 is 17.7 Å². The Hall–Kier alpha value is -4.87. The van der Waals surface area contributed by atoms with E-state index in [-0.39, 0.29) is 0 Å². The summed E-state index contributed by atoms with van der Waals surface area (Å²) in [5.41, 5.74) is 3.17. The zero-order valence-corrected chi connectivity index (χ0v) is 18.6. The molecule has 9 nitrogen and oxygen atoms in total. The SMILES string of the molecule is COC(=O)c1cc(-c2ccc(-c3nn[nH]n3)cc2)cc(-n2cc(-c3ccc(C(F)(F)F)cc3)nn2)c1. The maximum Gasteiger partial charge on any atom is 0.416 e. The lowest BCUT2D eigenvalue weighted by Gasteiger charge is -2.09. The van der Waals surface area contributed by atoms with Crippen LogP contribution < -0.4 is 0 Å². The van der Waals surface area contributed by atoms with Crippen LogP contribution in [0.15, 0.2) is 72.9 Å². The summed E-state index contributed by atoms with van der Waals surface area (Å²) in [6.07, 6.45) is -2.85. The van der Waals surface area contributed by atoms with Gasteiger partial charge in [-0.3, -0.25) is 0 Å². The molecule has 0 aliphatic rings. The van der Waals surface area contributed by atoms with Crippen molar-refractivity contribution in [1.82, 2.24) is 35.6 Å². The van der Waals surface area contributed by atoms with Crippen molar-refractivity contribution in [2.24, 2.45) is 0 Å². The maximum absolute atomic E-state index is 12.9. The first-order valence-corrected chi connectivity index (χ1v) is 10.5. The number of rotatable bonds is 5. The zero-order chi connectivity index (χ0) is 25.3. The number of aromatic amines is 1. The molecule has 5 aromatic rings. The van der Waals surface area contributed by atoms with Crippen LogP contribution in [-0.4, -0.2) is 48.7 Å². The molecule has 2 aromatic heterocycles. The molecule has 5 rings (SSSR count). The van der Waals surface area contributed by atoms with Gasteiger partial charge >= 0.3 is 12.1 Å². The summed E-state index contributed by atoms with van der Waals surface area (Å²) in [5.74, 6) is -0.0893. The van der Waals surface area contributed by atoms with Gasteiger partial charge in [0.05, 0.1) is 30.1 Å². The summed E-state index contributed by atoms with van der Waals surface area (Å²) in [4.78, 5) is 12.3. The Morgan fingerprint density at radius 2 is 1.58 bits per heavy atom. The number of alkyl halides is 3. The lowest BCUT2D eigenvalue weighted by molar-refractivity contribution is -0.137. The van der Waals surface area contributed by atoms with E-state index in [2.05, 4.69) is 30.9 Å². The average molecular weight is 491 g/mol. The van der Waals surface area contributed by atoms with Gasteiger partial charge in [0.15, 0.2) is 0 Å². The minimum Gasteiger partial charge on any atom is -0.465 e. The molecule has 0 amide bonds. The van der Waals surface area contributed by atoms with Crippen molar-refractivity contribution in [3.63, 3.8) is 0 Å². The van der Waals surface area contributed by atoms with Gasteiger partial charge in [0.1, 0.15) is 5.69 Å². The molecule has 0 saturated carbocycles. The number of halogens is 3. The van der Waals surface area contributed by atoms with Crippen LogP contribution in [-0.2, 0) is 10.9 Å². The van der Waals surface area contributed by atoms with Gasteiger partial charge in [-0.15, -0.1) is 15.3 Å². The first-order chi connectivity index (χ1) is 17.3. The summed E-state index contributed by atoms with van der Waals surface area (Å²) in [5, 5.41) is 22.1. The van der Waals surface area contributed by atoms with E-state index in [1.165, 1.54) is 23.9 Å². The van der Waals surface area contributed by atoms with Gasteiger partial charge in [-0.1, -0.05) is 41.6 Å². The van der Waals surface area contributed by atoms with Crippen molar-refractivity contribution in [1.29, 1.82) is 0 Å². The van der Waals surface area contributed by atoms with E-state index in [1.54, 1.807) is 24.4 Å². The van der Waals surface area contributed by atoms with Crippen molar-refractivity contribution >= 4 is 5.97 Å². The number of ether oxygens (including phenoxy) is 1. The average Bonchev–Trinajstić information content (AvgIpc) is 3.61. The number of aromatic nitrogens is 7. The third-order valence-electron chi connectivity index (χ3n) is 5.43. The first-order valence-electron chi connectivity index (χ1n) is 10.5. The fourth-order valence-electron chi connectivity index (χ4n) is 3.59. The van der Waals surface area contributed by atoms with Crippen molar-refractivity contribution in [2.45, 2.75) is 6.18 Å². The number of esters is 1. The van der Waals surface area contributed by atoms with E-state index in [1.807, 2.05) is 24.3 Å². The highest BCUT2D eigenvalue weighted by molar-refractivity contribution is 5.92. The lowest BCUT2D eigenvalue weighted by Crippen LogP contribution is -2.04.